The molecular formula is C16H20N2O2. The standard InChI is InChI=1S/C16H20N2O2/c1-3-18-14-8-5-4-7-12(14)13(17-18)11-15(19)16(2)9-6-10-20-16/h4-5,7-8H,3,6,9-11H2,1-2H3. The van der Waals surface area contributed by atoms with Crippen LogP contribution in [0.3, 0.4) is 0 Å². The molecule has 0 bridgehead atoms. The zero-order valence-electron chi connectivity index (χ0n) is 12.1. The molecule has 1 atom stereocenters. The van der Waals surface area contributed by atoms with Crippen molar-refractivity contribution in [2.45, 2.75) is 45.3 Å². The summed E-state index contributed by atoms with van der Waals surface area (Å²) in [6.45, 7) is 5.46. The number of hydrogen-bond donors (Lipinski definition) is 0. The van der Waals surface area contributed by atoms with Gasteiger partial charge in [0.15, 0.2) is 5.78 Å². The van der Waals surface area contributed by atoms with Crippen LogP contribution >= 0.6 is 0 Å². The third-order valence-corrected chi connectivity index (χ3v) is 4.17. The molecule has 0 N–H and O–H groups in total. The van der Waals surface area contributed by atoms with Crippen molar-refractivity contribution in [1.29, 1.82) is 0 Å². The van der Waals surface area contributed by atoms with E-state index in [1.165, 1.54) is 0 Å². The molecule has 1 aliphatic rings. The molecule has 4 heteroatoms. The number of nitrogens with zero attached hydrogens (tertiary/aromatic N) is 2. The SMILES string of the molecule is CCn1nc(CC(=O)C2(C)CCCO2)c2ccccc21. The number of Topliss-reactive ketones (excluding diaryl/α,β-unsaturated/α-hetero) is 1. The highest BCUT2D eigenvalue weighted by molar-refractivity contribution is 5.93. The molecule has 20 heavy (non-hydrogen) atoms. The quantitative estimate of drug-likeness (QED) is 0.859. The van der Waals surface area contributed by atoms with Crippen LogP contribution in [0.2, 0.25) is 0 Å². The fraction of sp³-hybridized carbons (Fsp3) is 0.500. The van der Waals surface area contributed by atoms with Crippen LogP contribution in [0.5, 0.6) is 0 Å². The number of aryl methyl sites for hydroxylation is 1. The summed E-state index contributed by atoms with van der Waals surface area (Å²) in [6, 6.07) is 8.08. The first-order valence-corrected chi connectivity index (χ1v) is 7.26. The largest absolute Gasteiger partial charge is 0.367 e. The summed E-state index contributed by atoms with van der Waals surface area (Å²) in [4.78, 5) is 12.5. The van der Waals surface area contributed by atoms with Crippen molar-refractivity contribution in [3.63, 3.8) is 0 Å². The number of carbonyl (C=O) groups excluding carboxylic acids is 1. The van der Waals surface area contributed by atoms with E-state index in [9.17, 15) is 4.79 Å². The van der Waals surface area contributed by atoms with Gasteiger partial charge in [0.25, 0.3) is 0 Å². The molecule has 1 aromatic carbocycles. The Morgan fingerprint density at radius 1 is 1.45 bits per heavy atom. The Hall–Kier alpha value is -1.68. The molecule has 2 heterocycles. The van der Waals surface area contributed by atoms with E-state index in [1.54, 1.807) is 0 Å². The number of carbonyl (C=O) groups is 1. The Bertz CT molecular complexity index is 639. The number of para-hydroxylation sites is 1. The van der Waals surface area contributed by atoms with Gasteiger partial charge in [-0.25, -0.2) is 0 Å². The Labute approximate surface area is 118 Å². The van der Waals surface area contributed by atoms with Gasteiger partial charge in [0.1, 0.15) is 5.60 Å². The van der Waals surface area contributed by atoms with Crippen LogP contribution in [-0.4, -0.2) is 27.8 Å². The van der Waals surface area contributed by atoms with Crippen molar-refractivity contribution >= 4 is 16.7 Å². The molecule has 1 saturated heterocycles. The van der Waals surface area contributed by atoms with Crippen molar-refractivity contribution in [3.05, 3.63) is 30.0 Å². The number of rotatable bonds is 4. The number of aromatic nitrogens is 2. The molecule has 1 unspecified atom stereocenters. The minimum atomic E-state index is -0.614. The summed E-state index contributed by atoms with van der Waals surface area (Å²) in [5.41, 5.74) is 1.34. The van der Waals surface area contributed by atoms with E-state index < -0.39 is 5.60 Å². The molecule has 0 amide bonds. The minimum absolute atomic E-state index is 0.140. The Morgan fingerprint density at radius 2 is 2.25 bits per heavy atom. The summed E-state index contributed by atoms with van der Waals surface area (Å²) in [5.74, 6) is 0.140. The molecular weight excluding hydrogens is 252 g/mol. The lowest BCUT2D eigenvalue weighted by Crippen LogP contribution is -2.35. The van der Waals surface area contributed by atoms with Crippen LogP contribution in [0.25, 0.3) is 10.9 Å². The number of fused-ring (bicyclic) bond motifs is 1. The normalized spacial score (nSPS) is 22.5. The molecule has 2 aromatic rings. The minimum Gasteiger partial charge on any atom is -0.367 e. The zero-order valence-corrected chi connectivity index (χ0v) is 12.1. The first-order valence-electron chi connectivity index (χ1n) is 7.26. The first kappa shape index (κ1) is 13.3. The zero-order chi connectivity index (χ0) is 14.2. The van der Waals surface area contributed by atoms with Crippen molar-refractivity contribution in [2.24, 2.45) is 0 Å². The second-order valence-corrected chi connectivity index (χ2v) is 5.56. The molecule has 0 aliphatic carbocycles. The van der Waals surface area contributed by atoms with Gasteiger partial charge in [-0.2, -0.15) is 5.10 Å². The summed E-state index contributed by atoms with van der Waals surface area (Å²) in [7, 11) is 0. The second kappa shape index (κ2) is 5.02. The molecule has 1 aliphatic heterocycles. The average Bonchev–Trinajstić information content (AvgIpc) is 3.05. The van der Waals surface area contributed by atoms with Gasteiger partial charge in [-0.3, -0.25) is 9.48 Å². The average molecular weight is 272 g/mol. The third kappa shape index (κ3) is 2.14. The third-order valence-electron chi connectivity index (χ3n) is 4.17. The van der Waals surface area contributed by atoms with Gasteiger partial charge in [0.2, 0.25) is 0 Å². The topological polar surface area (TPSA) is 44.1 Å². The first-order chi connectivity index (χ1) is 9.64. The number of ether oxygens (including phenoxy) is 1. The van der Waals surface area contributed by atoms with Gasteiger partial charge < -0.3 is 4.74 Å². The van der Waals surface area contributed by atoms with Crippen LogP contribution in [0.1, 0.15) is 32.4 Å². The van der Waals surface area contributed by atoms with Crippen LogP contribution in [0, 0.1) is 0 Å². The van der Waals surface area contributed by atoms with E-state index in [0.717, 1.165) is 36.0 Å². The Kier molecular flexibility index (Phi) is 3.34. The maximum absolute atomic E-state index is 12.5. The van der Waals surface area contributed by atoms with E-state index in [2.05, 4.69) is 12.0 Å². The number of hydrogen-bond acceptors (Lipinski definition) is 3. The van der Waals surface area contributed by atoms with E-state index in [-0.39, 0.29) is 5.78 Å². The lowest BCUT2D eigenvalue weighted by atomic mass is 9.93. The number of ketones is 1. The van der Waals surface area contributed by atoms with E-state index in [4.69, 9.17) is 4.74 Å². The maximum atomic E-state index is 12.5. The van der Waals surface area contributed by atoms with Gasteiger partial charge in [0.05, 0.1) is 17.6 Å². The van der Waals surface area contributed by atoms with E-state index >= 15 is 0 Å². The van der Waals surface area contributed by atoms with E-state index in [0.29, 0.717) is 13.0 Å². The van der Waals surface area contributed by atoms with Crippen LogP contribution in [-0.2, 0) is 22.5 Å². The highest BCUT2D eigenvalue weighted by Crippen LogP contribution is 2.28. The molecule has 0 spiro atoms. The fourth-order valence-corrected chi connectivity index (χ4v) is 2.91. The van der Waals surface area contributed by atoms with Crippen molar-refractivity contribution in [1.82, 2.24) is 9.78 Å². The smallest absolute Gasteiger partial charge is 0.170 e. The number of benzene rings is 1. The predicted octanol–water partition coefficient (Wildman–Crippen LogP) is 2.74. The molecule has 106 valence electrons. The van der Waals surface area contributed by atoms with Crippen LogP contribution < -0.4 is 0 Å². The highest BCUT2D eigenvalue weighted by atomic mass is 16.5. The lowest BCUT2D eigenvalue weighted by molar-refractivity contribution is -0.136. The lowest BCUT2D eigenvalue weighted by Gasteiger charge is -2.20. The van der Waals surface area contributed by atoms with Crippen molar-refractivity contribution < 1.29 is 9.53 Å². The van der Waals surface area contributed by atoms with Gasteiger partial charge in [-0.05, 0) is 32.8 Å². The monoisotopic (exact) mass is 272 g/mol. The van der Waals surface area contributed by atoms with Crippen LogP contribution in [0.4, 0.5) is 0 Å². The molecule has 0 saturated carbocycles. The Balaban J connectivity index is 1.93. The molecule has 3 rings (SSSR count). The molecule has 1 aromatic heterocycles. The van der Waals surface area contributed by atoms with Gasteiger partial charge in [-0.1, -0.05) is 18.2 Å². The molecule has 0 radical (unpaired) electrons. The Morgan fingerprint density at radius 3 is 2.95 bits per heavy atom. The second-order valence-electron chi connectivity index (χ2n) is 5.56. The summed E-state index contributed by atoms with van der Waals surface area (Å²) in [6.07, 6.45) is 2.13. The summed E-state index contributed by atoms with van der Waals surface area (Å²) in [5, 5.41) is 5.66. The van der Waals surface area contributed by atoms with Crippen molar-refractivity contribution in [2.75, 3.05) is 6.61 Å². The van der Waals surface area contributed by atoms with Crippen LogP contribution in [0.15, 0.2) is 24.3 Å². The summed E-state index contributed by atoms with van der Waals surface area (Å²) >= 11 is 0. The van der Waals surface area contributed by atoms with Gasteiger partial charge >= 0.3 is 0 Å². The highest BCUT2D eigenvalue weighted by Gasteiger charge is 2.37. The fourth-order valence-electron chi connectivity index (χ4n) is 2.91. The van der Waals surface area contributed by atoms with Crippen molar-refractivity contribution in [3.8, 4) is 0 Å². The van der Waals surface area contributed by atoms with Gasteiger partial charge in [0, 0.05) is 18.5 Å². The summed E-state index contributed by atoms with van der Waals surface area (Å²) < 4.78 is 7.59. The molecule has 1 fully saturated rings. The maximum Gasteiger partial charge on any atom is 0.170 e. The van der Waals surface area contributed by atoms with Gasteiger partial charge in [-0.15, -0.1) is 0 Å². The predicted molar refractivity (Wildman–Crippen MR) is 77.7 cm³/mol. The molecule has 4 nitrogen and oxygen atoms in total. The van der Waals surface area contributed by atoms with E-state index in [1.807, 2.05) is 35.9 Å².